The zero-order valence-corrected chi connectivity index (χ0v) is 34.9. The van der Waals surface area contributed by atoms with Gasteiger partial charge in [0.15, 0.2) is 11.6 Å². The van der Waals surface area contributed by atoms with Crippen LogP contribution in [0.15, 0.2) is 115 Å². The third kappa shape index (κ3) is 9.57. The highest BCUT2D eigenvalue weighted by Gasteiger charge is 2.35. The molecule has 52 heavy (non-hydrogen) atoms. The highest BCUT2D eigenvalue weighted by molar-refractivity contribution is 6.42. The van der Waals surface area contributed by atoms with Crippen LogP contribution in [-0.4, -0.2) is 11.6 Å². The first-order chi connectivity index (χ1) is 23.8. The van der Waals surface area contributed by atoms with Crippen LogP contribution in [0.3, 0.4) is 0 Å². The van der Waals surface area contributed by atoms with Gasteiger partial charge < -0.3 is 0 Å². The topological polar surface area (TPSA) is 83.6 Å². The highest BCUT2D eigenvalue weighted by Crippen LogP contribution is 2.45. The predicted molar refractivity (Wildman–Crippen MR) is 217 cm³/mol. The first kappa shape index (κ1) is 41.3. The van der Waals surface area contributed by atoms with E-state index in [-0.39, 0.29) is 38.2 Å². The van der Waals surface area contributed by atoms with Crippen molar-refractivity contribution < 1.29 is 9.59 Å². The van der Waals surface area contributed by atoms with Crippen molar-refractivity contribution in [3.63, 3.8) is 0 Å². The molecule has 0 spiro atoms. The Labute approximate surface area is 328 Å². The van der Waals surface area contributed by atoms with Gasteiger partial charge in [0.2, 0.25) is 0 Å². The fourth-order valence-electron chi connectivity index (χ4n) is 5.68. The normalized spacial score (nSPS) is 16.4. The maximum atomic E-state index is 13.3. The molecule has 0 radical (unpaired) electrons. The molecule has 2 aliphatic carbocycles. The molecule has 0 aliphatic heterocycles. The van der Waals surface area contributed by atoms with Crippen molar-refractivity contribution in [1.29, 1.82) is 0 Å². The molecule has 0 unspecified atom stereocenters. The lowest BCUT2D eigenvalue weighted by atomic mass is 9.72. The van der Waals surface area contributed by atoms with E-state index in [0.29, 0.717) is 48.7 Å². The van der Waals surface area contributed by atoms with Gasteiger partial charge in [0, 0.05) is 33.4 Å². The van der Waals surface area contributed by atoms with Gasteiger partial charge in [0.25, 0.3) is 0 Å². The second-order valence-corrected chi connectivity index (χ2v) is 18.8. The van der Waals surface area contributed by atoms with Crippen molar-refractivity contribution in [3.05, 3.63) is 114 Å². The average Bonchev–Trinajstić information content (AvgIpc) is 2.98. The minimum Gasteiger partial charge on any atom is -0.289 e. The van der Waals surface area contributed by atoms with E-state index in [2.05, 4.69) is 20.5 Å². The minimum atomic E-state index is -0.342. The molecule has 0 heterocycles. The van der Waals surface area contributed by atoms with E-state index in [4.69, 9.17) is 46.4 Å². The molecule has 10 heteroatoms. The molecular weight excluding hydrogens is 734 g/mol. The van der Waals surface area contributed by atoms with Crippen LogP contribution in [0.1, 0.15) is 83.1 Å². The van der Waals surface area contributed by atoms with Gasteiger partial charge in [-0.15, -0.1) is 5.11 Å². The summed E-state index contributed by atoms with van der Waals surface area (Å²) >= 11 is 26.9. The second-order valence-electron chi connectivity index (χ2n) is 17.1. The Morgan fingerprint density at radius 2 is 0.846 bits per heavy atom. The number of rotatable bonds is 5. The van der Waals surface area contributed by atoms with Crippen LogP contribution in [-0.2, 0) is 9.59 Å². The highest BCUT2D eigenvalue weighted by atomic mass is 35.5. The molecule has 0 N–H and O–H groups in total. The van der Waals surface area contributed by atoms with Gasteiger partial charge in [-0.3, -0.25) is 9.59 Å². The second kappa shape index (κ2) is 15.1. The molecular formula is C42H46Cl4N4O2. The molecule has 0 saturated carbocycles. The number of azo groups is 2. The predicted octanol–water partition coefficient (Wildman–Crippen LogP) is 15.0. The van der Waals surface area contributed by atoms with Gasteiger partial charge in [0.1, 0.15) is 5.69 Å². The third-order valence-corrected chi connectivity index (χ3v) is 9.75. The van der Waals surface area contributed by atoms with Gasteiger partial charge >= 0.3 is 0 Å². The monoisotopic (exact) mass is 778 g/mol. The summed E-state index contributed by atoms with van der Waals surface area (Å²) in [5, 5.41) is 18.4. The van der Waals surface area contributed by atoms with Crippen LogP contribution in [0.5, 0.6) is 0 Å². The van der Waals surface area contributed by atoms with E-state index in [1.807, 2.05) is 107 Å². The summed E-state index contributed by atoms with van der Waals surface area (Å²) in [5.41, 5.74) is 4.81. The van der Waals surface area contributed by atoms with Crippen LogP contribution in [0.25, 0.3) is 11.1 Å². The van der Waals surface area contributed by atoms with E-state index in [1.54, 1.807) is 36.7 Å². The Kier molecular flexibility index (Phi) is 12.0. The van der Waals surface area contributed by atoms with Crippen molar-refractivity contribution in [1.82, 2.24) is 0 Å². The average molecular weight is 781 g/mol. The molecule has 4 rings (SSSR count). The molecule has 2 aliphatic rings. The van der Waals surface area contributed by atoms with Crippen LogP contribution < -0.4 is 0 Å². The number of benzene rings is 2. The minimum absolute atomic E-state index is 0.0442. The Bertz CT molecular complexity index is 1990. The molecule has 0 bridgehead atoms. The van der Waals surface area contributed by atoms with Gasteiger partial charge in [-0.25, -0.2) is 0 Å². The zero-order chi connectivity index (χ0) is 39.1. The standard InChI is InChI=1S/C42H46Cl4N4O2/c1-39(2,3)27-13-23(14-28(37(27)51)40(4,5)6)21-47-49-25-17-33(45)36(34(46)18-25)26-19-32(44)35(20-31(26)43)50-48-22-24-15-29(41(7,8)9)38(52)30(16-24)42(10,11)12/h13-22H,1-12H3/b49-47+,50-48+. The Morgan fingerprint density at radius 3 is 1.21 bits per heavy atom. The Hall–Kier alpha value is -3.42. The van der Waals surface area contributed by atoms with Crippen molar-refractivity contribution in [3.8, 4) is 11.1 Å². The molecule has 2 aromatic carbocycles. The van der Waals surface area contributed by atoms with Gasteiger partial charge in [-0.2, -0.15) is 15.3 Å². The summed E-state index contributed by atoms with van der Waals surface area (Å²) in [7, 11) is 0. The van der Waals surface area contributed by atoms with E-state index < -0.39 is 0 Å². The molecule has 2 aromatic rings. The molecule has 0 amide bonds. The number of allylic oxidation sites excluding steroid dienone is 10. The smallest absolute Gasteiger partial charge is 0.186 e. The van der Waals surface area contributed by atoms with Crippen LogP contribution >= 0.6 is 46.4 Å². The lowest BCUT2D eigenvalue weighted by molar-refractivity contribution is -0.114. The number of halogens is 4. The van der Waals surface area contributed by atoms with Crippen molar-refractivity contribution >= 4 is 69.3 Å². The van der Waals surface area contributed by atoms with E-state index in [9.17, 15) is 9.59 Å². The quantitative estimate of drug-likeness (QED) is 0.283. The van der Waals surface area contributed by atoms with E-state index in [1.165, 1.54) is 0 Å². The van der Waals surface area contributed by atoms with E-state index >= 15 is 0 Å². The first-order valence-corrected chi connectivity index (χ1v) is 18.5. The molecule has 274 valence electrons. The molecule has 0 saturated heterocycles. The number of carbonyl (C=O) groups excluding carboxylic acids is 2. The Morgan fingerprint density at radius 1 is 0.481 bits per heavy atom. The number of hydrogen-bond donors (Lipinski definition) is 0. The van der Waals surface area contributed by atoms with Crippen LogP contribution in [0.4, 0.5) is 11.4 Å². The number of ketones is 2. The fourth-order valence-corrected chi connectivity index (χ4v) is 6.81. The first-order valence-electron chi connectivity index (χ1n) is 17.0. The summed E-state index contributed by atoms with van der Waals surface area (Å²) in [5.74, 6) is 0.0931. The van der Waals surface area contributed by atoms with Crippen molar-refractivity contribution in [2.75, 3.05) is 0 Å². The number of hydrogen-bond acceptors (Lipinski definition) is 6. The summed E-state index contributed by atoms with van der Waals surface area (Å²) < 4.78 is 0. The molecule has 6 nitrogen and oxygen atoms in total. The molecule has 0 fully saturated rings. The summed E-state index contributed by atoms with van der Waals surface area (Å²) in [6, 6.07) is 6.51. The third-order valence-electron chi connectivity index (χ3n) is 8.54. The van der Waals surface area contributed by atoms with Crippen LogP contribution in [0, 0.1) is 21.7 Å². The fraction of sp³-hybridized carbons (Fsp3) is 0.381. The van der Waals surface area contributed by atoms with Gasteiger partial charge in [-0.05, 0) is 81.4 Å². The summed E-state index contributed by atoms with van der Waals surface area (Å²) in [6.07, 6.45) is 10.7. The van der Waals surface area contributed by atoms with Crippen molar-refractivity contribution in [2.24, 2.45) is 42.1 Å². The maximum absolute atomic E-state index is 13.3. The summed E-state index contributed by atoms with van der Waals surface area (Å²) in [4.78, 5) is 26.5. The SMILES string of the molecule is CC(C)(C)C1=CC(=C/N=N/c2cc(Cl)c(-c3cc(Cl)c(/N=N/C=C4C=C(C(C)(C)C)C(=O)C(C(C)(C)C)=C4)cc3Cl)c(Cl)c2)C=C(C(C)(C)C)C1=O. The van der Waals surface area contributed by atoms with Crippen LogP contribution in [0.2, 0.25) is 20.1 Å². The lowest BCUT2D eigenvalue weighted by Crippen LogP contribution is -2.27. The molecule has 0 atom stereocenters. The van der Waals surface area contributed by atoms with E-state index in [0.717, 1.165) is 22.3 Å². The zero-order valence-electron chi connectivity index (χ0n) is 31.9. The van der Waals surface area contributed by atoms with Crippen molar-refractivity contribution in [2.45, 2.75) is 83.1 Å². The van der Waals surface area contributed by atoms with Gasteiger partial charge in [0.05, 0.1) is 38.2 Å². The number of carbonyl (C=O) groups is 2. The van der Waals surface area contributed by atoms with Gasteiger partial charge in [-0.1, -0.05) is 129 Å². The Balaban J connectivity index is 1.63. The maximum Gasteiger partial charge on any atom is 0.186 e. The number of nitrogens with zero attached hydrogens (tertiary/aromatic N) is 4. The largest absolute Gasteiger partial charge is 0.289 e. The summed E-state index contributed by atoms with van der Waals surface area (Å²) in [6.45, 7) is 24.2. The lowest BCUT2D eigenvalue weighted by Gasteiger charge is -2.31. The molecule has 0 aromatic heterocycles. The number of Topliss-reactive ketones (excluding diaryl/α,β-unsaturated/α-hetero) is 2.